The van der Waals surface area contributed by atoms with Crippen molar-refractivity contribution < 1.29 is 18.0 Å². The lowest BCUT2D eigenvalue weighted by Crippen LogP contribution is -2.61. The molecule has 4 aliphatic rings. The number of allylic oxidation sites excluding steroid dienone is 6. The summed E-state index contributed by atoms with van der Waals surface area (Å²) in [5, 5.41) is 10.7. The number of rotatable bonds is 8. The molecule has 0 bridgehead atoms. The molecule has 0 aromatic carbocycles. The van der Waals surface area contributed by atoms with Gasteiger partial charge >= 0.3 is 8.80 Å². The van der Waals surface area contributed by atoms with Crippen molar-refractivity contribution in [1.82, 2.24) is 0 Å². The summed E-state index contributed by atoms with van der Waals surface area (Å²) >= 11 is 6.50. The highest BCUT2D eigenvalue weighted by molar-refractivity contribution is 6.69. The fraction of sp³-hybridized carbons (Fsp3) is 0.750. The van der Waals surface area contributed by atoms with E-state index in [4.69, 9.17) is 29.6 Å². The Morgan fingerprint density at radius 3 is 2.40 bits per heavy atom. The van der Waals surface area contributed by atoms with Crippen LogP contribution in [0.15, 0.2) is 35.1 Å². The summed E-state index contributed by atoms with van der Waals surface area (Å²) < 4.78 is 25.0. The number of methoxy groups -OCH3 is 1. The third-order valence-electron chi connectivity index (χ3n) is 9.00. The van der Waals surface area contributed by atoms with Gasteiger partial charge in [-0.2, -0.15) is 5.26 Å². The van der Waals surface area contributed by atoms with Crippen LogP contribution in [0.2, 0.25) is 0 Å². The van der Waals surface area contributed by atoms with E-state index in [9.17, 15) is 5.26 Å². The van der Waals surface area contributed by atoms with Gasteiger partial charge in [-0.1, -0.05) is 31.6 Å². The van der Waals surface area contributed by atoms with Crippen molar-refractivity contribution in [3.63, 3.8) is 0 Å². The lowest BCUT2D eigenvalue weighted by atomic mass is 9.52. The summed E-state index contributed by atoms with van der Waals surface area (Å²) in [6, 6.07) is 2.65. The highest BCUT2D eigenvalue weighted by Crippen LogP contribution is 2.66. The summed E-state index contributed by atoms with van der Waals surface area (Å²) in [4.78, 5) is 0. The van der Waals surface area contributed by atoms with Gasteiger partial charge in [-0.3, -0.25) is 0 Å². The standard InChI is InChI=1S/C28H42ClNO4Si/c1-19(2)32-35(18-29,33-20(3)4)34-28(17-30)15-12-25-23-9-8-21-16-22(31-7)10-13-26(21,5)24(23)11-14-27(25,28)6/h8,11,16,19-20,23,25H,9-10,12-15,18H2,1-7H3/t23-,25+,26+,27+,28+/m1/s1. The van der Waals surface area contributed by atoms with Gasteiger partial charge in [0, 0.05) is 29.5 Å². The first-order valence-corrected chi connectivity index (χ1v) is 15.6. The molecule has 7 heteroatoms. The quantitative estimate of drug-likeness (QED) is 0.199. The van der Waals surface area contributed by atoms with Gasteiger partial charge in [0.05, 0.1) is 24.4 Å². The average molecular weight is 520 g/mol. The molecule has 1 saturated carbocycles. The Morgan fingerprint density at radius 1 is 1.14 bits per heavy atom. The van der Waals surface area contributed by atoms with E-state index >= 15 is 0 Å². The zero-order valence-electron chi connectivity index (χ0n) is 22.4. The molecular weight excluding hydrogens is 478 g/mol. The summed E-state index contributed by atoms with van der Waals surface area (Å²) in [5.41, 5.74) is 1.81. The van der Waals surface area contributed by atoms with Crippen LogP contribution in [0, 0.1) is 34.0 Å². The maximum atomic E-state index is 10.7. The van der Waals surface area contributed by atoms with Crippen molar-refractivity contribution in [2.24, 2.45) is 22.7 Å². The Labute approximate surface area is 217 Å². The number of hydrogen-bond donors (Lipinski definition) is 0. The van der Waals surface area contributed by atoms with Gasteiger partial charge in [-0.15, -0.1) is 11.6 Å². The largest absolute Gasteiger partial charge is 0.518 e. The molecule has 5 atom stereocenters. The van der Waals surface area contributed by atoms with Crippen LogP contribution in [0.5, 0.6) is 0 Å². The van der Waals surface area contributed by atoms with Crippen LogP contribution in [0.3, 0.4) is 0 Å². The van der Waals surface area contributed by atoms with Crippen LogP contribution >= 0.6 is 11.6 Å². The number of halogens is 1. The Kier molecular flexibility index (Phi) is 7.43. The molecule has 0 saturated heterocycles. The molecule has 0 heterocycles. The second-order valence-electron chi connectivity index (χ2n) is 11.8. The number of alkyl halides is 1. The number of nitrogens with zero attached hydrogens (tertiary/aromatic N) is 1. The summed E-state index contributed by atoms with van der Waals surface area (Å²) in [6.07, 6.45) is 12.4. The minimum atomic E-state index is -3.29. The SMILES string of the molecule is COC1=CC2=CC[C@@H]3C(=CC[C@@]4(C)[C@H]3CC[C@@]4(C#N)O[Si](CCl)(OC(C)C)OC(C)C)[C@@]2(C)CC1. The van der Waals surface area contributed by atoms with Crippen LogP contribution in [0.1, 0.15) is 80.1 Å². The zero-order chi connectivity index (χ0) is 25.6. The first-order valence-electron chi connectivity index (χ1n) is 13.2. The minimum Gasteiger partial charge on any atom is -0.501 e. The van der Waals surface area contributed by atoms with Crippen LogP contribution in [-0.2, 0) is 18.0 Å². The minimum absolute atomic E-state index is 0.0428. The molecule has 1 fully saturated rings. The molecule has 35 heavy (non-hydrogen) atoms. The molecule has 0 aromatic heterocycles. The maximum absolute atomic E-state index is 10.7. The van der Waals surface area contributed by atoms with Crippen molar-refractivity contribution in [1.29, 1.82) is 5.26 Å². The smallest absolute Gasteiger partial charge is 0.501 e. The maximum Gasteiger partial charge on any atom is 0.518 e. The van der Waals surface area contributed by atoms with Gasteiger partial charge in [0.1, 0.15) is 0 Å². The van der Waals surface area contributed by atoms with Gasteiger partial charge in [0.2, 0.25) is 0 Å². The van der Waals surface area contributed by atoms with E-state index in [2.05, 4.69) is 38.1 Å². The second-order valence-corrected chi connectivity index (χ2v) is 14.9. The normalized spacial score (nSPS) is 36.5. The summed E-state index contributed by atoms with van der Waals surface area (Å²) in [7, 11) is -1.52. The molecular formula is C28H42ClNO4Si. The number of ether oxygens (including phenoxy) is 1. The van der Waals surface area contributed by atoms with E-state index in [0.717, 1.165) is 37.9 Å². The first kappa shape index (κ1) is 26.9. The van der Waals surface area contributed by atoms with Gasteiger partial charge < -0.3 is 18.0 Å². The molecule has 0 unspecified atom stereocenters. The van der Waals surface area contributed by atoms with Gasteiger partial charge in [-0.05, 0) is 83.3 Å². The van der Waals surface area contributed by atoms with Crippen molar-refractivity contribution in [2.45, 2.75) is 97.9 Å². The molecule has 0 spiro atoms. The topological polar surface area (TPSA) is 60.7 Å². The highest BCUT2D eigenvalue weighted by atomic mass is 35.5. The number of hydrogen-bond acceptors (Lipinski definition) is 5. The third kappa shape index (κ3) is 4.36. The van der Waals surface area contributed by atoms with E-state index in [-0.39, 0.29) is 28.5 Å². The molecule has 0 N–H and O–H groups in total. The average Bonchev–Trinajstić information content (AvgIpc) is 3.09. The second kappa shape index (κ2) is 9.65. The monoisotopic (exact) mass is 519 g/mol. The molecule has 4 aliphatic carbocycles. The summed E-state index contributed by atoms with van der Waals surface area (Å²) in [5.74, 6) is 1.86. The lowest BCUT2D eigenvalue weighted by Gasteiger charge is -2.54. The van der Waals surface area contributed by atoms with Crippen molar-refractivity contribution >= 4 is 20.4 Å². The predicted molar refractivity (Wildman–Crippen MR) is 140 cm³/mol. The van der Waals surface area contributed by atoms with E-state index in [1.807, 2.05) is 27.7 Å². The Hall–Kier alpha value is -1.10. The fourth-order valence-corrected chi connectivity index (χ4v) is 10.5. The van der Waals surface area contributed by atoms with Gasteiger partial charge in [-0.25, -0.2) is 0 Å². The first-order chi connectivity index (χ1) is 16.5. The van der Waals surface area contributed by atoms with Crippen LogP contribution in [0.4, 0.5) is 0 Å². The molecule has 0 amide bonds. The van der Waals surface area contributed by atoms with Crippen LogP contribution in [-0.4, -0.2) is 39.2 Å². The van der Waals surface area contributed by atoms with Crippen LogP contribution in [0.25, 0.3) is 0 Å². The summed E-state index contributed by atoms with van der Waals surface area (Å²) in [6.45, 7) is 12.5. The molecule has 0 radical (unpaired) electrons. The number of nitriles is 1. The van der Waals surface area contributed by atoms with Crippen molar-refractivity contribution in [2.75, 3.05) is 12.6 Å². The lowest BCUT2D eigenvalue weighted by molar-refractivity contribution is -0.0824. The molecule has 0 aromatic rings. The molecule has 194 valence electrons. The fourth-order valence-electron chi connectivity index (χ4n) is 7.30. The Morgan fingerprint density at radius 2 is 1.83 bits per heavy atom. The van der Waals surface area contributed by atoms with Crippen molar-refractivity contribution in [3.8, 4) is 6.07 Å². The molecule has 0 aliphatic heterocycles. The number of fused-ring (bicyclic) bond motifs is 5. The van der Waals surface area contributed by atoms with E-state index in [0.29, 0.717) is 18.3 Å². The Bertz CT molecular complexity index is 958. The van der Waals surface area contributed by atoms with E-state index < -0.39 is 14.4 Å². The third-order valence-corrected chi connectivity index (χ3v) is 12.6. The van der Waals surface area contributed by atoms with Crippen LogP contribution < -0.4 is 0 Å². The zero-order valence-corrected chi connectivity index (χ0v) is 24.2. The molecule has 5 nitrogen and oxygen atoms in total. The van der Waals surface area contributed by atoms with Gasteiger partial charge in [0.15, 0.2) is 5.60 Å². The van der Waals surface area contributed by atoms with Crippen molar-refractivity contribution in [3.05, 3.63) is 35.1 Å². The van der Waals surface area contributed by atoms with E-state index in [1.165, 1.54) is 5.57 Å². The highest BCUT2D eigenvalue weighted by Gasteiger charge is 2.66. The van der Waals surface area contributed by atoms with E-state index in [1.54, 1.807) is 12.7 Å². The predicted octanol–water partition coefficient (Wildman–Crippen LogP) is 6.86. The Balaban J connectivity index is 1.70. The van der Waals surface area contributed by atoms with Gasteiger partial charge in [0.25, 0.3) is 0 Å². The molecule has 4 rings (SSSR count).